The van der Waals surface area contributed by atoms with Gasteiger partial charge in [0.25, 0.3) is 0 Å². The van der Waals surface area contributed by atoms with E-state index in [1.807, 2.05) is 4.90 Å². The molecule has 0 bridgehead atoms. The van der Waals surface area contributed by atoms with Gasteiger partial charge in [-0.15, -0.1) is 0 Å². The van der Waals surface area contributed by atoms with Gasteiger partial charge >= 0.3 is 6.18 Å². The number of allylic oxidation sites excluding steroid dienone is 2. The van der Waals surface area contributed by atoms with Crippen LogP contribution < -0.4 is 5.32 Å². The minimum Gasteiger partial charge on any atom is -0.363 e. The molecule has 1 aliphatic rings. The predicted molar refractivity (Wildman–Crippen MR) is 125 cm³/mol. The van der Waals surface area contributed by atoms with Gasteiger partial charge in [-0.2, -0.15) is 23.4 Å². The summed E-state index contributed by atoms with van der Waals surface area (Å²) >= 11 is 8.25. The first-order valence-electron chi connectivity index (χ1n) is 9.07. The molecule has 32 heavy (non-hydrogen) atoms. The first kappa shape index (κ1) is 24.7. The van der Waals surface area contributed by atoms with Gasteiger partial charge in [0.1, 0.15) is 10.8 Å². The molecule has 0 saturated carbocycles. The highest BCUT2D eigenvalue weighted by molar-refractivity contribution is 14.2. The number of anilines is 2. The number of hydrazone groups is 1. The Morgan fingerprint density at radius 1 is 1.47 bits per heavy atom. The molecule has 2 N–H and O–H groups in total. The first-order chi connectivity index (χ1) is 15.1. The van der Waals surface area contributed by atoms with Gasteiger partial charge in [0.15, 0.2) is 12.1 Å². The summed E-state index contributed by atoms with van der Waals surface area (Å²) in [5, 5.41) is 13.8. The van der Waals surface area contributed by atoms with Crippen LogP contribution >= 0.6 is 40.0 Å². The second-order valence-corrected chi connectivity index (χ2v) is 9.39. The summed E-state index contributed by atoms with van der Waals surface area (Å²) < 4.78 is 54.9. The average molecular weight is 603 g/mol. The van der Waals surface area contributed by atoms with Gasteiger partial charge in [0.05, 0.1) is 41.8 Å². The van der Waals surface area contributed by atoms with E-state index in [9.17, 15) is 22.4 Å². The molecule has 0 spiro atoms. The standard InChI is InChI=1S/C18H17ClF4IN6OP/c1-29(32-24)25-7-16(13(19)9-31)30-5-4-11-15(8-30)27-28-17(11)26-14-3-2-10(20)6-12(14)18(21,22)23/h2-3,6-7,9,32H,4-5,8H2,1H3,(H2,26,27,28)/b16-13-,25-7-. The number of carbonyl (C=O) groups is 1. The quantitative estimate of drug-likeness (QED) is 0.0869. The molecule has 172 valence electrons. The summed E-state index contributed by atoms with van der Waals surface area (Å²) in [4.78, 5) is 13.1. The first-order valence-corrected chi connectivity index (χ1v) is 13.5. The molecule has 1 aromatic heterocycles. The number of nitrogens with one attached hydrogen (secondary N) is 2. The van der Waals surface area contributed by atoms with Crippen molar-refractivity contribution in [2.45, 2.75) is 19.1 Å². The van der Waals surface area contributed by atoms with Crippen LogP contribution in [0.5, 0.6) is 0 Å². The second-order valence-electron chi connectivity index (χ2n) is 6.72. The largest absolute Gasteiger partial charge is 0.418 e. The maximum atomic E-state index is 13.4. The number of H-pyrrole nitrogens is 1. The monoisotopic (exact) mass is 602 g/mol. The average Bonchev–Trinajstić information content (AvgIpc) is 3.16. The number of nitrogens with zero attached hydrogens (tertiary/aromatic N) is 4. The molecular weight excluding hydrogens is 586 g/mol. The number of rotatable bonds is 7. The smallest absolute Gasteiger partial charge is 0.363 e. The molecular formula is C18H17ClF4IN6OP. The third-order valence-electron chi connectivity index (χ3n) is 4.64. The predicted octanol–water partition coefficient (Wildman–Crippen LogP) is 5.18. The summed E-state index contributed by atoms with van der Waals surface area (Å²) in [6.07, 6.45) is -1.89. The Labute approximate surface area is 200 Å². The van der Waals surface area contributed by atoms with Crippen molar-refractivity contribution in [3.05, 3.63) is 51.6 Å². The van der Waals surface area contributed by atoms with Gasteiger partial charge in [0, 0.05) is 19.2 Å². The van der Waals surface area contributed by atoms with Gasteiger partial charge in [0.2, 0.25) is 0 Å². The third kappa shape index (κ3) is 5.70. The van der Waals surface area contributed by atoms with Crippen LogP contribution in [0.15, 0.2) is 34.0 Å². The van der Waals surface area contributed by atoms with Crippen molar-refractivity contribution in [2.75, 3.05) is 18.9 Å². The van der Waals surface area contributed by atoms with Gasteiger partial charge in [-0.3, -0.25) is 14.7 Å². The molecule has 2 aromatic rings. The topological polar surface area (TPSA) is 76.6 Å². The Bertz CT molecular complexity index is 1060. The molecule has 0 saturated heterocycles. The number of halogens is 6. The van der Waals surface area contributed by atoms with E-state index in [2.05, 4.69) is 42.7 Å². The van der Waals surface area contributed by atoms with E-state index in [0.717, 1.165) is 12.1 Å². The van der Waals surface area contributed by atoms with Crippen molar-refractivity contribution < 1.29 is 22.4 Å². The van der Waals surface area contributed by atoms with Crippen LogP contribution in [-0.2, 0) is 23.9 Å². The lowest BCUT2D eigenvalue weighted by Crippen LogP contribution is -2.31. The maximum absolute atomic E-state index is 13.4. The van der Waals surface area contributed by atoms with Crippen LogP contribution in [0.2, 0.25) is 0 Å². The van der Waals surface area contributed by atoms with Gasteiger partial charge in [-0.25, -0.2) is 4.39 Å². The van der Waals surface area contributed by atoms with Crippen molar-refractivity contribution in [1.82, 2.24) is 19.9 Å². The van der Waals surface area contributed by atoms with E-state index >= 15 is 0 Å². The highest BCUT2D eigenvalue weighted by atomic mass is 127. The number of carbonyl (C=O) groups excluding carboxylic acids is 1. The Kier molecular flexibility index (Phi) is 7.99. The molecule has 0 fully saturated rings. The van der Waals surface area contributed by atoms with Crippen molar-refractivity contribution in [3.63, 3.8) is 0 Å². The Morgan fingerprint density at radius 2 is 2.22 bits per heavy atom. The molecule has 7 nitrogen and oxygen atoms in total. The fraction of sp³-hybridized carbons (Fsp3) is 0.278. The van der Waals surface area contributed by atoms with Crippen LogP contribution in [0.25, 0.3) is 0 Å². The SMILES string of the molecule is CN(/N=C\C(=C(\Cl)C=O)N1CCc2c(Nc3ccc(F)cc3C(F)(F)F)n[nH]c2C1)PI. The van der Waals surface area contributed by atoms with Crippen molar-refractivity contribution >= 4 is 64.0 Å². The minimum absolute atomic E-state index is 0.0126. The number of benzene rings is 1. The molecule has 1 aromatic carbocycles. The van der Waals surface area contributed by atoms with Crippen LogP contribution in [0.1, 0.15) is 16.8 Å². The van der Waals surface area contributed by atoms with Crippen molar-refractivity contribution in [2.24, 2.45) is 5.10 Å². The highest BCUT2D eigenvalue weighted by Crippen LogP contribution is 2.37. The van der Waals surface area contributed by atoms with E-state index in [0.29, 0.717) is 55.2 Å². The minimum atomic E-state index is -4.73. The number of aldehydes is 1. The summed E-state index contributed by atoms with van der Waals surface area (Å²) in [5.41, 5.74) is 0.361. The number of aromatic nitrogens is 2. The summed E-state index contributed by atoms with van der Waals surface area (Å²) in [6, 6.07) is 2.41. The van der Waals surface area contributed by atoms with E-state index in [4.69, 9.17) is 11.6 Å². The summed E-state index contributed by atoms with van der Waals surface area (Å²) in [5.74, 6) is -0.757. The van der Waals surface area contributed by atoms with E-state index in [-0.39, 0.29) is 16.5 Å². The van der Waals surface area contributed by atoms with E-state index in [1.165, 1.54) is 6.21 Å². The normalized spacial score (nSPS) is 15.3. The van der Waals surface area contributed by atoms with E-state index < -0.39 is 17.6 Å². The fourth-order valence-electron chi connectivity index (χ4n) is 3.13. The molecule has 0 amide bonds. The number of hydrogen-bond acceptors (Lipinski definition) is 6. The molecule has 14 heteroatoms. The molecule has 1 atom stereocenters. The Morgan fingerprint density at radius 3 is 2.88 bits per heavy atom. The summed E-state index contributed by atoms with van der Waals surface area (Å²) in [6.45, 7) is 0.722. The van der Waals surface area contributed by atoms with Crippen molar-refractivity contribution in [3.8, 4) is 0 Å². The zero-order valence-corrected chi connectivity index (χ0v) is 20.4. The lowest BCUT2D eigenvalue weighted by Gasteiger charge is -2.29. The Hall–Kier alpha value is -1.92. The van der Waals surface area contributed by atoms with Crippen LogP contribution in [0, 0.1) is 5.82 Å². The zero-order valence-electron chi connectivity index (χ0n) is 16.5. The van der Waals surface area contributed by atoms with Gasteiger partial charge < -0.3 is 10.2 Å². The summed E-state index contributed by atoms with van der Waals surface area (Å²) in [7, 11) is 1.78. The number of fused-ring (bicyclic) bond motifs is 1. The maximum Gasteiger partial charge on any atom is 0.418 e. The second kappa shape index (κ2) is 10.3. The molecule has 1 unspecified atom stereocenters. The van der Waals surface area contributed by atoms with Crippen LogP contribution in [-0.4, -0.2) is 46.0 Å². The lowest BCUT2D eigenvalue weighted by atomic mass is 10.1. The molecule has 0 radical (unpaired) electrons. The zero-order chi connectivity index (χ0) is 23.5. The fourth-order valence-corrected chi connectivity index (χ4v) is 3.78. The van der Waals surface area contributed by atoms with Gasteiger partial charge in [-0.05, 0) is 46.7 Å². The van der Waals surface area contributed by atoms with Crippen molar-refractivity contribution in [1.29, 1.82) is 0 Å². The van der Waals surface area contributed by atoms with Crippen LogP contribution in [0.3, 0.4) is 0 Å². The number of hydrogen-bond donors (Lipinski definition) is 2. The molecule has 1 aliphatic heterocycles. The van der Waals surface area contributed by atoms with Gasteiger partial charge in [-0.1, -0.05) is 11.6 Å². The number of alkyl halides is 3. The number of aromatic amines is 1. The van der Waals surface area contributed by atoms with E-state index in [1.54, 1.807) is 11.8 Å². The molecule has 2 heterocycles. The molecule has 3 rings (SSSR count). The molecule has 0 aliphatic carbocycles. The Balaban J connectivity index is 1.86. The third-order valence-corrected chi connectivity index (χ3v) is 7.38. The van der Waals surface area contributed by atoms with Crippen LogP contribution in [0.4, 0.5) is 29.1 Å². The highest BCUT2D eigenvalue weighted by Gasteiger charge is 2.34. The lowest BCUT2D eigenvalue weighted by molar-refractivity contribution is -0.137.